The van der Waals surface area contributed by atoms with Gasteiger partial charge in [0.25, 0.3) is 5.91 Å². The van der Waals surface area contributed by atoms with E-state index in [9.17, 15) is 4.79 Å². The van der Waals surface area contributed by atoms with Crippen molar-refractivity contribution in [3.8, 4) is 0 Å². The zero-order chi connectivity index (χ0) is 15.5. The lowest BCUT2D eigenvalue weighted by Crippen LogP contribution is -2.29. The van der Waals surface area contributed by atoms with Gasteiger partial charge in [-0.1, -0.05) is 13.8 Å². The average molecular weight is 300 g/mol. The van der Waals surface area contributed by atoms with Gasteiger partial charge in [-0.25, -0.2) is 4.98 Å². The van der Waals surface area contributed by atoms with Gasteiger partial charge in [-0.15, -0.1) is 0 Å². The Hall–Kier alpha value is -1.88. The lowest BCUT2D eigenvalue weighted by Gasteiger charge is -2.24. The highest BCUT2D eigenvalue weighted by molar-refractivity contribution is 5.97. The summed E-state index contributed by atoms with van der Waals surface area (Å²) in [6, 6.07) is 6.32. The molecule has 5 nitrogen and oxygen atoms in total. The highest BCUT2D eigenvalue weighted by Crippen LogP contribution is 2.24. The average Bonchev–Trinajstić information content (AvgIpc) is 2.96. The van der Waals surface area contributed by atoms with Crippen LogP contribution in [0.25, 0.3) is 11.0 Å². The SMILES string of the molecule is CC(C)CNC(=O)c1ccc2c(c1)ncn2C1CCNCC1. The number of aromatic nitrogens is 2. The largest absolute Gasteiger partial charge is 0.352 e. The molecule has 3 rings (SSSR count). The standard InChI is InChI=1S/C17H24N4O/c1-12(2)10-19-17(22)13-3-4-16-15(9-13)20-11-21(16)14-5-7-18-8-6-14/h3-4,9,11-12,14,18H,5-8,10H2,1-2H3,(H,19,22). The Labute approximate surface area is 131 Å². The molecule has 5 heteroatoms. The van der Waals surface area contributed by atoms with Gasteiger partial charge in [-0.05, 0) is 50.0 Å². The summed E-state index contributed by atoms with van der Waals surface area (Å²) < 4.78 is 2.26. The van der Waals surface area contributed by atoms with Crippen molar-refractivity contribution < 1.29 is 4.79 Å². The van der Waals surface area contributed by atoms with E-state index in [2.05, 4.69) is 34.0 Å². The van der Waals surface area contributed by atoms with Crippen molar-refractivity contribution in [3.05, 3.63) is 30.1 Å². The first-order valence-electron chi connectivity index (χ1n) is 8.10. The molecule has 0 spiro atoms. The molecule has 1 aromatic heterocycles. The highest BCUT2D eigenvalue weighted by atomic mass is 16.1. The van der Waals surface area contributed by atoms with E-state index >= 15 is 0 Å². The molecule has 2 aromatic rings. The van der Waals surface area contributed by atoms with Gasteiger partial charge in [0.05, 0.1) is 17.4 Å². The van der Waals surface area contributed by atoms with Gasteiger partial charge in [0, 0.05) is 18.2 Å². The third-order valence-electron chi connectivity index (χ3n) is 4.21. The number of piperidine rings is 1. The van der Waals surface area contributed by atoms with Crippen LogP contribution in [-0.2, 0) is 0 Å². The van der Waals surface area contributed by atoms with Crippen LogP contribution in [-0.4, -0.2) is 35.1 Å². The van der Waals surface area contributed by atoms with Crippen LogP contribution in [0, 0.1) is 5.92 Å². The number of imidazole rings is 1. The van der Waals surface area contributed by atoms with E-state index in [4.69, 9.17) is 0 Å². The van der Waals surface area contributed by atoms with Crippen LogP contribution in [0.3, 0.4) is 0 Å². The number of fused-ring (bicyclic) bond motifs is 1. The van der Waals surface area contributed by atoms with Crippen molar-refractivity contribution in [2.24, 2.45) is 5.92 Å². The highest BCUT2D eigenvalue weighted by Gasteiger charge is 2.17. The first-order chi connectivity index (χ1) is 10.6. The molecule has 2 N–H and O–H groups in total. The predicted octanol–water partition coefficient (Wildman–Crippen LogP) is 2.35. The number of nitrogens with zero attached hydrogens (tertiary/aromatic N) is 2. The van der Waals surface area contributed by atoms with Gasteiger partial charge in [0.1, 0.15) is 0 Å². The Bertz CT molecular complexity index is 656. The molecule has 1 saturated heterocycles. The summed E-state index contributed by atoms with van der Waals surface area (Å²) in [4.78, 5) is 16.6. The number of hydrogen-bond donors (Lipinski definition) is 2. The number of carbonyl (C=O) groups excluding carboxylic acids is 1. The van der Waals surface area contributed by atoms with E-state index in [0.29, 0.717) is 24.1 Å². The van der Waals surface area contributed by atoms with Gasteiger partial charge in [-0.2, -0.15) is 0 Å². The molecule has 1 aliphatic rings. The normalized spacial score (nSPS) is 16.3. The van der Waals surface area contributed by atoms with Crippen LogP contribution in [0.15, 0.2) is 24.5 Å². The van der Waals surface area contributed by atoms with E-state index in [1.54, 1.807) is 0 Å². The summed E-state index contributed by atoms with van der Waals surface area (Å²) in [5.41, 5.74) is 2.70. The minimum Gasteiger partial charge on any atom is -0.352 e. The zero-order valence-corrected chi connectivity index (χ0v) is 13.3. The molecule has 0 unspecified atom stereocenters. The number of nitrogens with one attached hydrogen (secondary N) is 2. The molecular weight excluding hydrogens is 276 g/mol. The van der Waals surface area contributed by atoms with Crippen molar-refractivity contribution in [1.29, 1.82) is 0 Å². The molecular formula is C17H24N4O. The van der Waals surface area contributed by atoms with E-state index in [1.807, 2.05) is 24.5 Å². The van der Waals surface area contributed by atoms with E-state index in [0.717, 1.165) is 37.0 Å². The Balaban J connectivity index is 1.81. The van der Waals surface area contributed by atoms with Crippen molar-refractivity contribution in [3.63, 3.8) is 0 Å². The second kappa shape index (κ2) is 6.48. The van der Waals surface area contributed by atoms with Gasteiger partial charge in [0.15, 0.2) is 0 Å². The van der Waals surface area contributed by atoms with E-state index in [-0.39, 0.29) is 5.91 Å². The van der Waals surface area contributed by atoms with E-state index in [1.165, 1.54) is 0 Å². The Kier molecular flexibility index (Phi) is 4.43. The third kappa shape index (κ3) is 3.14. The minimum absolute atomic E-state index is 0.0213. The summed E-state index contributed by atoms with van der Waals surface area (Å²) in [5.74, 6) is 0.429. The first-order valence-corrected chi connectivity index (χ1v) is 8.10. The second-order valence-corrected chi connectivity index (χ2v) is 6.44. The Morgan fingerprint density at radius 1 is 1.41 bits per heavy atom. The lowest BCUT2D eigenvalue weighted by atomic mass is 10.1. The molecule has 1 aliphatic heterocycles. The number of hydrogen-bond acceptors (Lipinski definition) is 3. The van der Waals surface area contributed by atoms with Crippen LogP contribution < -0.4 is 10.6 Å². The second-order valence-electron chi connectivity index (χ2n) is 6.44. The van der Waals surface area contributed by atoms with Crippen molar-refractivity contribution >= 4 is 16.9 Å². The fourth-order valence-electron chi connectivity index (χ4n) is 2.95. The summed E-state index contributed by atoms with van der Waals surface area (Å²) >= 11 is 0. The monoisotopic (exact) mass is 300 g/mol. The summed E-state index contributed by atoms with van der Waals surface area (Å²) in [6.45, 7) is 6.98. The molecule has 0 atom stereocenters. The molecule has 118 valence electrons. The third-order valence-corrected chi connectivity index (χ3v) is 4.21. The van der Waals surface area contributed by atoms with Crippen molar-refractivity contribution in [2.45, 2.75) is 32.7 Å². The maximum absolute atomic E-state index is 12.1. The van der Waals surface area contributed by atoms with Gasteiger partial charge < -0.3 is 15.2 Å². The smallest absolute Gasteiger partial charge is 0.251 e. The number of amides is 1. The fraction of sp³-hybridized carbons (Fsp3) is 0.529. The molecule has 0 radical (unpaired) electrons. The van der Waals surface area contributed by atoms with Gasteiger partial charge in [0.2, 0.25) is 0 Å². The number of benzene rings is 1. The van der Waals surface area contributed by atoms with Crippen LogP contribution in [0.1, 0.15) is 43.1 Å². The Morgan fingerprint density at radius 2 is 2.18 bits per heavy atom. The van der Waals surface area contributed by atoms with Crippen LogP contribution >= 0.6 is 0 Å². The summed E-state index contributed by atoms with van der Waals surface area (Å²) in [6.07, 6.45) is 4.17. The van der Waals surface area contributed by atoms with E-state index < -0.39 is 0 Å². The number of carbonyl (C=O) groups is 1. The van der Waals surface area contributed by atoms with Crippen LogP contribution in [0.4, 0.5) is 0 Å². The lowest BCUT2D eigenvalue weighted by molar-refractivity contribution is 0.0949. The quantitative estimate of drug-likeness (QED) is 0.911. The molecule has 0 saturated carbocycles. The molecule has 0 bridgehead atoms. The molecule has 1 aromatic carbocycles. The maximum Gasteiger partial charge on any atom is 0.251 e. The predicted molar refractivity (Wildman–Crippen MR) is 88.0 cm³/mol. The fourth-order valence-corrected chi connectivity index (χ4v) is 2.95. The number of rotatable bonds is 4. The van der Waals surface area contributed by atoms with Crippen molar-refractivity contribution in [1.82, 2.24) is 20.2 Å². The first kappa shape index (κ1) is 15.0. The topological polar surface area (TPSA) is 59.0 Å². The molecule has 22 heavy (non-hydrogen) atoms. The van der Waals surface area contributed by atoms with Crippen molar-refractivity contribution in [2.75, 3.05) is 19.6 Å². The molecule has 1 amide bonds. The summed E-state index contributed by atoms with van der Waals surface area (Å²) in [7, 11) is 0. The zero-order valence-electron chi connectivity index (χ0n) is 13.3. The molecule has 2 heterocycles. The van der Waals surface area contributed by atoms with Gasteiger partial charge in [-0.3, -0.25) is 4.79 Å². The Morgan fingerprint density at radius 3 is 2.91 bits per heavy atom. The van der Waals surface area contributed by atoms with Crippen LogP contribution in [0.5, 0.6) is 0 Å². The summed E-state index contributed by atoms with van der Waals surface area (Å²) in [5, 5.41) is 6.34. The molecule has 1 fully saturated rings. The minimum atomic E-state index is -0.0213. The molecule has 0 aliphatic carbocycles. The van der Waals surface area contributed by atoms with Crippen LogP contribution in [0.2, 0.25) is 0 Å². The maximum atomic E-state index is 12.1. The van der Waals surface area contributed by atoms with Gasteiger partial charge >= 0.3 is 0 Å².